The van der Waals surface area contributed by atoms with Crippen molar-refractivity contribution in [3.8, 4) is 11.6 Å². The first-order valence-corrected chi connectivity index (χ1v) is 6.34. The Bertz CT molecular complexity index is 530. The van der Waals surface area contributed by atoms with Gasteiger partial charge < -0.3 is 10.1 Å². The maximum absolute atomic E-state index is 5.82. The number of rotatable bonds is 5. The average molecular weight is 279 g/mol. The van der Waals surface area contributed by atoms with E-state index in [4.69, 9.17) is 16.3 Å². The number of hydrogen-bond donors (Lipinski definition) is 1. The van der Waals surface area contributed by atoms with Crippen molar-refractivity contribution in [2.45, 2.75) is 26.4 Å². The van der Waals surface area contributed by atoms with Gasteiger partial charge in [0, 0.05) is 24.8 Å². The largest absolute Gasteiger partial charge is 0.436 e. The van der Waals surface area contributed by atoms with E-state index in [9.17, 15) is 0 Å². The van der Waals surface area contributed by atoms with Gasteiger partial charge in [-0.2, -0.15) is 0 Å². The van der Waals surface area contributed by atoms with Crippen LogP contribution in [0.25, 0.3) is 0 Å². The van der Waals surface area contributed by atoms with E-state index in [2.05, 4.69) is 34.1 Å². The summed E-state index contributed by atoms with van der Waals surface area (Å²) in [6, 6.07) is 2.08. The lowest BCUT2D eigenvalue weighted by molar-refractivity contribution is 0.456. The molecule has 0 bridgehead atoms. The van der Waals surface area contributed by atoms with Crippen LogP contribution in [0.5, 0.6) is 11.6 Å². The first kappa shape index (κ1) is 13.7. The van der Waals surface area contributed by atoms with Gasteiger partial charge in [0.25, 0.3) is 0 Å². The standard InChI is InChI=1S/C13H15ClN4O/c1-9(2)16-5-11-6-18-13(8-17-11)19-12-3-10(14)4-15-7-12/h3-4,6-9,16H,5H2,1-2H3. The Morgan fingerprint density at radius 2 is 2.05 bits per heavy atom. The van der Waals surface area contributed by atoms with Crippen LogP contribution in [-0.4, -0.2) is 21.0 Å². The lowest BCUT2D eigenvalue weighted by Gasteiger charge is -2.08. The molecule has 2 aromatic rings. The van der Waals surface area contributed by atoms with Gasteiger partial charge >= 0.3 is 0 Å². The molecule has 1 N–H and O–H groups in total. The van der Waals surface area contributed by atoms with Crippen molar-refractivity contribution in [1.82, 2.24) is 20.3 Å². The van der Waals surface area contributed by atoms with Crippen molar-refractivity contribution in [2.75, 3.05) is 0 Å². The van der Waals surface area contributed by atoms with Crippen LogP contribution >= 0.6 is 11.6 Å². The minimum Gasteiger partial charge on any atom is -0.436 e. The maximum atomic E-state index is 5.82. The second-order valence-electron chi connectivity index (χ2n) is 4.32. The van der Waals surface area contributed by atoms with Gasteiger partial charge in [-0.1, -0.05) is 25.4 Å². The fourth-order valence-electron chi connectivity index (χ4n) is 1.36. The second kappa shape index (κ2) is 6.45. The topological polar surface area (TPSA) is 59.9 Å². The van der Waals surface area contributed by atoms with E-state index < -0.39 is 0 Å². The smallest absolute Gasteiger partial charge is 0.237 e. The van der Waals surface area contributed by atoms with Crippen LogP contribution in [0.15, 0.2) is 30.9 Å². The number of halogens is 1. The van der Waals surface area contributed by atoms with Gasteiger partial charge in [-0.15, -0.1) is 0 Å². The molecule has 0 spiro atoms. The molecule has 100 valence electrons. The predicted octanol–water partition coefficient (Wildman–Crippen LogP) is 2.82. The third-order valence-electron chi connectivity index (χ3n) is 2.28. The van der Waals surface area contributed by atoms with Crippen molar-refractivity contribution >= 4 is 11.6 Å². The highest BCUT2D eigenvalue weighted by molar-refractivity contribution is 6.30. The summed E-state index contributed by atoms with van der Waals surface area (Å²) in [6.45, 7) is 4.85. The Morgan fingerprint density at radius 3 is 2.68 bits per heavy atom. The summed E-state index contributed by atoms with van der Waals surface area (Å²) in [5, 5.41) is 3.78. The summed E-state index contributed by atoms with van der Waals surface area (Å²) in [4.78, 5) is 12.4. The lowest BCUT2D eigenvalue weighted by Crippen LogP contribution is -2.22. The predicted molar refractivity (Wildman–Crippen MR) is 73.3 cm³/mol. The van der Waals surface area contributed by atoms with Gasteiger partial charge in [0.2, 0.25) is 5.88 Å². The number of ether oxygens (including phenoxy) is 1. The Hall–Kier alpha value is -1.72. The van der Waals surface area contributed by atoms with Gasteiger partial charge in [-0.3, -0.25) is 9.97 Å². The third kappa shape index (κ3) is 4.46. The van der Waals surface area contributed by atoms with Gasteiger partial charge in [0.05, 0.1) is 29.3 Å². The first-order valence-electron chi connectivity index (χ1n) is 5.96. The first-order chi connectivity index (χ1) is 9.13. The van der Waals surface area contributed by atoms with E-state index >= 15 is 0 Å². The second-order valence-corrected chi connectivity index (χ2v) is 4.76. The minimum absolute atomic E-state index is 0.412. The summed E-state index contributed by atoms with van der Waals surface area (Å²) in [7, 11) is 0. The Labute approximate surface area is 117 Å². The van der Waals surface area contributed by atoms with E-state index in [0.29, 0.717) is 29.2 Å². The van der Waals surface area contributed by atoms with Crippen molar-refractivity contribution in [3.05, 3.63) is 41.6 Å². The molecule has 0 aliphatic carbocycles. The molecule has 0 saturated carbocycles. The van der Waals surface area contributed by atoms with E-state index in [1.165, 1.54) is 0 Å². The molecular formula is C13H15ClN4O. The number of nitrogens with zero attached hydrogens (tertiary/aromatic N) is 3. The van der Waals surface area contributed by atoms with E-state index in [1.54, 1.807) is 30.9 Å². The van der Waals surface area contributed by atoms with Gasteiger partial charge in [-0.05, 0) is 0 Å². The monoisotopic (exact) mass is 278 g/mol. The zero-order valence-electron chi connectivity index (χ0n) is 10.8. The molecule has 2 aromatic heterocycles. The summed E-state index contributed by atoms with van der Waals surface area (Å²) >= 11 is 5.82. The molecule has 0 amide bonds. The number of hydrogen-bond acceptors (Lipinski definition) is 5. The Kier molecular flexibility index (Phi) is 4.65. The van der Waals surface area contributed by atoms with Crippen LogP contribution in [0.2, 0.25) is 5.02 Å². The minimum atomic E-state index is 0.412. The van der Waals surface area contributed by atoms with Crippen LogP contribution in [0.3, 0.4) is 0 Å². The summed E-state index contributed by atoms with van der Waals surface area (Å²) in [5.41, 5.74) is 0.866. The van der Waals surface area contributed by atoms with Crippen molar-refractivity contribution in [2.24, 2.45) is 0 Å². The molecule has 0 aliphatic heterocycles. The summed E-state index contributed by atoms with van der Waals surface area (Å²) in [5.74, 6) is 0.951. The number of nitrogens with one attached hydrogen (secondary N) is 1. The highest BCUT2D eigenvalue weighted by atomic mass is 35.5. The highest BCUT2D eigenvalue weighted by Gasteiger charge is 2.02. The number of aromatic nitrogens is 3. The quantitative estimate of drug-likeness (QED) is 0.911. The molecule has 0 aromatic carbocycles. The average Bonchev–Trinajstić information content (AvgIpc) is 2.38. The van der Waals surface area contributed by atoms with Gasteiger partial charge in [0.1, 0.15) is 5.75 Å². The van der Waals surface area contributed by atoms with Crippen molar-refractivity contribution < 1.29 is 4.74 Å². The Morgan fingerprint density at radius 1 is 1.21 bits per heavy atom. The third-order valence-corrected chi connectivity index (χ3v) is 2.48. The molecule has 5 nitrogen and oxygen atoms in total. The van der Waals surface area contributed by atoms with Crippen LogP contribution < -0.4 is 10.1 Å². The zero-order chi connectivity index (χ0) is 13.7. The molecule has 0 radical (unpaired) electrons. The molecule has 6 heteroatoms. The van der Waals surface area contributed by atoms with Gasteiger partial charge in [0.15, 0.2) is 0 Å². The molecule has 2 rings (SSSR count). The lowest BCUT2D eigenvalue weighted by atomic mass is 10.3. The van der Waals surface area contributed by atoms with Crippen LogP contribution in [0.1, 0.15) is 19.5 Å². The normalized spacial score (nSPS) is 10.7. The van der Waals surface area contributed by atoms with Crippen LogP contribution in [0.4, 0.5) is 0 Å². The zero-order valence-corrected chi connectivity index (χ0v) is 11.6. The van der Waals surface area contributed by atoms with Crippen LogP contribution in [0, 0.1) is 0 Å². The van der Waals surface area contributed by atoms with E-state index in [1.807, 2.05) is 0 Å². The molecule has 0 unspecified atom stereocenters. The molecule has 2 heterocycles. The fraction of sp³-hybridized carbons (Fsp3) is 0.308. The SMILES string of the molecule is CC(C)NCc1cnc(Oc2cncc(Cl)c2)cn1. The molecule has 0 fully saturated rings. The maximum Gasteiger partial charge on any atom is 0.237 e. The molecule has 0 atom stereocenters. The molecule has 0 saturated heterocycles. The highest BCUT2D eigenvalue weighted by Crippen LogP contribution is 2.20. The van der Waals surface area contributed by atoms with Gasteiger partial charge in [-0.25, -0.2) is 4.98 Å². The summed E-state index contributed by atoms with van der Waals surface area (Å²) < 4.78 is 5.50. The fourth-order valence-corrected chi connectivity index (χ4v) is 1.53. The van der Waals surface area contributed by atoms with E-state index in [0.717, 1.165) is 5.69 Å². The molecule has 19 heavy (non-hydrogen) atoms. The number of pyridine rings is 1. The van der Waals surface area contributed by atoms with E-state index in [-0.39, 0.29) is 0 Å². The van der Waals surface area contributed by atoms with Crippen molar-refractivity contribution in [3.63, 3.8) is 0 Å². The van der Waals surface area contributed by atoms with Crippen LogP contribution in [-0.2, 0) is 6.54 Å². The van der Waals surface area contributed by atoms with Crippen molar-refractivity contribution in [1.29, 1.82) is 0 Å². The Balaban J connectivity index is 1.98. The molecule has 0 aliphatic rings. The molecular weight excluding hydrogens is 264 g/mol. The summed E-state index contributed by atoms with van der Waals surface area (Å²) in [6.07, 6.45) is 6.38.